The summed E-state index contributed by atoms with van der Waals surface area (Å²) in [5.41, 5.74) is 0.829. The standard InChI is InChI=1S/C8H9NO2.Hg/c10-8(11)6-9-7-4-2-1-3-5-7;/h1-5,9H,6H2,(H,10,11);. The Labute approximate surface area is 91.3 Å². The van der Waals surface area contributed by atoms with Crippen molar-refractivity contribution in [2.24, 2.45) is 0 Å². The van der Waals surface area contributed by atoms with Crippen molar-refractivity contribution in [1.29, 1.82) is 0 Å². The van der Waals surface area contributed by atoms with Gasteiger partial charge < -0.3 is 10.4 Å². The van der Waals surface area contributed by atoms with Gasteiger partial charge >= 0.3 is 5.97 Å². The van der Waals surface area contributed by atoms with E-state index in [1.807, 2.05) is 30.3 Å². The molecule has 0 aliphatic rings. The van der Waals surface area contributed by atoms with Gasteiger partial charge in [0.1, 0.15) is 6.54 Å². The van der Waals surface area contributed by atoms with Crippen LogP contribution in [0.4, 0.5) is 5.69 Å². The zero-order valence-electron chi connectivity index (χ0n) is 6.66. The van der Waals surface area contributed by atoms with E-state index in [2.05, 4.69) is 5.32 Å². The molecule has 60 valence electrons. The molecule has 0 bridgehead atoms. The van der Waals surface area contributed by atoms with Crippen LogP contribution in [0.1, 0.15) is 0 Å². The molecule has 0 spiro atoms. The first-order chi connectivity index (χ1) is 5.29. The Morgan fingerprint density at radius 1 is 1.33 bits per heavy atom. The first kappa shape index (κ1) is 11.4. The number of carbonyl (C=O) groups is 1. The van der Waals surface area contributed by atoms with Gasteiger partial charge in [0.2, 0.25) is 0 Å². The van der Waals surface area contributed by atoms with E-state index in [0.717, 1.165) is 5.69 Å². The summed E-state index contributed by atoms with van der Waals surface area (Å²) in [6, 6.07) is 9.23. The van der Waals surface area contributed by atoms with Crippen molar-refractivity contribution in [2.45, 2.75) is 0 Å². The Hall–Kier alpha value is -0.575. The number of rotatable bonds is 3. The minimum Gasteiger partial charge on any atom is -0.480 e. The van der Waals surface area contributed by atoms with E-state index < -0.39 is 5.97 Å². The maximum atomic E-state index is 10.1. The number of carboxylic acids is 1. The van der Waals surface area contributed by atoms with Crippen LogP contribution in [-0.4, -0.2) is 17.6 Å². The van der Waals surface area contributed by atoms with Crippen molar-refractivity contribution < 1.29 is 37.6 Å². The Morgan fingerprint density at radius 3 is 2.42 bits per heavy atom. The number of hydrogen-bond acceptors (Lipinski definition) is 2. The molecule has 0 heterocycles. The summed E-state index contributed by atoms with van der Waals surface area (Å²) < 4.78 is 0. The minimum absolute atomic E-state index is 0. The summed E-state index contributed by atoms with van der Waals surface area (Å²) in [5.74, 6) is -0.853. The summed E-state index contributed by atoms with van der Waals surface area (Å²) in [7, 11) is 0. The second kappa shape index (κ2) is 6.00. The second-order valence-electron chi connectivity index (χ2n) is 2.11. The van der Waals surface area contributed by atoms with Gasteiger partial charge in [-0.05, 0) is 12.1 Å². The number of anilines is 1. The summed E-state index contributed by atoms with van der Waals surface area (Å²) in [5, 5.41) is 11.1. The number of para-hydroxylation sites is 1. The third-order valence-electron chi connectivity index (χ3n) is 1.22. The predicted molar refractivity (Wildman–Crippen MR) is 42.6 cm³/mol. The minimum atomic E-state index is -0.853. The maximum absolute atomic E-state index is 10.1. The fourth-order valence-corrected chi connectivity index (χ4v) is 0.734. The Bertz CT molecular complexity index is 238. The first-order valence-corrected chi connectivity index (χ1v) is 3.30. The van der Waals surface area contributed by atoms with Crippen molar-refractivity contribution in [1.82, 2.24) is 0 Å². The van der Waals surface area contributed by atoms with Crippen LogP contribution in [-0.2, 0) is 32.5 Å². The number of nitrogens with one attached hydrogen (secondary N) is 1. The van der Waals surface area contributed by atoms with Gasteiger partial charge in [0.15, 0.2) is 0 Å². The molecular formula is C8H9HgNO2. The SMILES string of the molecule is O=C(O)CNc1ccccc1.[Hg]. The van der Waals surface area contributed by atoms with Gasteiger partial charge in [-0.2, -0.15) is 0 Å². The molecule has 4 heteroatoms. The smallest absolute Gasteiger partial charge is 0.322 e. The summed E-state index contributed by atoms with van der Waals surface area (Å²) in [4.78, 5) is 10.1. The van der Waals surface area contributed by atoms with Crippen molar-refractivity contribution in [3.8, 4) is 0 Å². The van der Waals surface area contributed by atoms with Gasteiger partial charge in [0.25, 0.3) is 0 Å². The molecule has 0 aromatic heterocycles. The molecule has 12 heavy (non-hydrogen) atoms. The molecule has 1 aromatic rings. The van der Waals surface area contributed by atoms with Crippen LogP contribution < -0.4 is 5.32 Å². The number of aliphatic carboxylic acids is 1. The molecule has 0 aliphatic heterocycles. The Morgan fingerprint density at radius 2 is 1.92 bits per heavy atom. The number of hydrogen-bond donors (Lipinski definition) is 2. The average molecular weight is 352 g/mol. The quantitative estimate of drug-likeness (QED) is 0.804. The fraction of sp³-hybridized carbons (Fsp3) is 0.125. The van der Waals surface area contributed by atoms with E-state index in [4.69, 9.17) is 5.11 Å². The van der Waals surface area contributed by atoms with Gasteiger partial charge in [-0.1, -0.05) is 18.2 Å². The Balaban J connectivity index is 0.00000121. The van der Waals surface area contributed by atoms with Crippen LogP contribution in [0.15, 0.2) is 30.3 Å². The van der Waals surface area contributed by atoms with Gasteiger partial charge in [-0.25, -0.2) is 0 Å². The zero-order valence-corrected chi connectivity index (χ0v) is 12.2. The normalized spacial score (nSPS) is 8.33. The predicted octanol–water partition coefficient (Wildman–Crippen LogP) is 1.18. The third-order valence-corrected chi connectivity index (χ3v) is 1.22. The molecule has 1 rings (SSSR count). The van der Waals surface area contributed by atoms with Gasteiger partial charge in [-0.15, -0.1) is 0 Å². The van der Waals surface area contributed by atoms with Crippen LogP contribution in [0.2, 0.25) is 0 Å². The first-order valence-electron chi connectivity index (χ1n) is 3.30. The molecule has 0 fully saturated rings. The van der Waals surface area contributed by atoms with E-state index in [-0.39, 0.29) is 34.2 Å². The van der Waals surface area contributed by atoms with Crippen molar-refractivity contribution in [2.75, 3.05) is 11.9 Å². The maximum Gasteiger partial charge on any atom is 0.322 e. The van der Waals surface area contributed by atoms with Gasteiger partial charge in [0.05, 0.1) is 0 Å². The van der Waals surface area contributed by atoms with Crippen LogP contribution >= 0.6 is 0 Å². The molecule has 3 nitrogen and oxygen atoms in total. The second-order valence-corrected chi connectivity index (χ2v) is 2.11. The monoisotopic (exact) mass is 353 g/mol. The molecule has 0 radical (unpaired) electrons. The van der Waals surface area contributed by atoms with E-state index in [1.54, 1.807) is 0 Å². The van der Waals surface area contributed by atoms with Crippen molar-refractivity contribution in [3.05, 3.63) is 30.3 Å². The van der Waals surface area contributed by atoms with Crippen LogP contribution in [0, 0.1) is 0 Å². The molecule has 1 aromatic carbocycles. The molecule has 0 aliphatic carbocycles. The molecule has 0 saturated carbocycles. The van der Waals surface area contributed by atoms with E-state index in [0.29, 0.717) is 0 Å². The van der Waals surface area contributed by atoms with E-state index in [1.165, 1.54) is 0 Å². The van der Waals surface area contributed by atoms with Gasteiger partial charge in [0, 0.05) is 33.4 Å². The Kier molecular flexibility index (Phi) is 5.71. The van der Waals surface area contributed by atoms with Crippen molar-refractivity contribution in [3.63, 3.8) is 0 Å². The summed E-state index contributed by atoms with van der Waals surface area (Å²) in [6.45, 7) is -0.0377. The average Bonchev–Trinajstić information content (AvgIpc) is 2.03. The van der Waals surface area contributed by atoms with Crippen LogP contribution in [0.25, 0.3) is 0 Å². The molecule has 0 unspecified atom stereocenters. The summed E-state index contributed by atoms with van der Waals surface area (Å²) >= 11 is 0. The zero-order chi connectivity index (χ0) is 8.10. The van der Waals surface area contributed by atoms with E-state index in [9.17, 15) is 4.79 Å². The molecule has 2 N–H and O–H groups in total. The van der Waals surface area contributed by atoms with Gasteiger partial charge in [-0.3, -0.25) is 4.79 Å². The molecular weight excluding hydrogens is 343 g/mol. The number of carboxylic acid groups (broad SMARTS) is 1. The van der Waals surface area contributed by atoms with Crippen LogP contribution in [0.3, 0.4) is 0 Å². The molecule has 0 amide bonds. The van der Waals surface area contributed by atoms with Crippen LogP contribution in [0.5, 0.6) is 0 Å². The number of benzene rings is 1. The third kappa shape index (κ3) is 4.33. The fourth-order valence-electron chi connectivity index (χ4n) is 0.734. The summed E-state index contributed by atoms with van der Waals surface area (Å²) in [6.07, 6.45) is 0. The molecule has 0 saturated heterocycles. The van der Waals surface area contributed by atoms with E-state index >= 15 is 0 Å². The van der Waals surface area contributed by atoms with Crippen molar-refractivity contribution >= 4 is 11.7 Å². The topological polar surface area (TPSA) is 49.3 Å². The largest absolute Gasteiger partial charge is 0.480 e. The molecule has 0 atom stereocenters.